The van der Waals surface area contributed by atoms with Crippen LogP contribution in [-0.2, 0) is 6.42 Å². The summed E-state index contributed by atoms with van der Waals surface area (Å²) in [6.45, 7) is 1.22. The Morgan fingerprint density at radius 2 is 1.94 bits per heavy atom. The summed E-state index contributed by atoms with van der Waals surface area (Å²) < 4.78 is 17.5. The lowest BCUT2D eigenvalue weighted by atomic mass is 10.0. The molecule has 0 radical (unpaired) electrons. The van der Waals surface area contributed by atoms with Crippen LogP contribution in [0.2, 0.25) is 0 Å². The van der Waals surface area contributed by atoms with E-state index in [4.69, 9.17) is 19.9 Å². The number of aliphatic hydroxyl groups is 1. The molecule has 4 rings (SSSR count). The number of rotatable bonds is 10. The Balaban J connectivity index is 1.26. The van der Waals surface area contributed by atoms with Crippen molar-refractivity contribution < 1.29 is 29.2 Å². The molecule has 1 heterocycles. The smallest absolute Gasteiger partial charge is 0.339 e. The fraction of sp³-hybridized carbons (Fsp3) is 0.269. The van der Waals surface area contributed by atoms with Gasteiger partial charge in [-0.15, -0.1) is 0 Å². The number of nitrogens with two attached hydrogens (primary N) is 1. The topological polar surface area (TPSA) is 123 Å². The highest BCUT2D eigenvalue weighted by atomic mass is 16.5. The van der Waals surface area contributed by atoms with Crippen LogP contribution in [0.15, 0.2) is 66.7 Å². The summed E-state index contributed by atoms with van der Waals surface area (Å²) in [6, 6.07) is 19.4. The van der Waals surface area contributed by atoms with Crippen molar-refractivity contribution >= 4 is 11.7 Å². The van der Waals surface area contributed by atoms with Crippen LogP contribution in [0, 0.1) is 0 Å². The molecule has 1 aliphatic heterocycles. The number of benzene rings is 3. The Morgan fingerprint density at radius 3 is 2.74 bits per heavy atom. The fourth-order valence-electron chi connectivity index (χ4n) is 3.74. The number of fused-ring (bicyclic) bond motifs is 1. The molecular formula is C26H28N2O6. The van der Waals surface area contributed by atoms with Gasteiger partial charge in [0, 0.05) is 18.8 Å². The van der Waals surface area contributed by atoms with Crippen LogP contribution in [0.5, 0.6) is 23.0 Å². The lowest BCUT2D eigenvalue weighted by Crippen LogP contribution is -2.39. The summed E-state index contributed by atoms with van der Waals surface area (Å²) in [4.78, 5) is 11.5. The number of carbonyl (C=O) groups is 1. The van der Waals surface area contributed by atoms with Crippen LogP contribution in [0.1, 0.15) is 22.3 Å². The molecule has 3 aromatic carbocycles. The zero-order valence-corrected chi connectivity index (χ0v) is 18.6. The molecule has 8 nitrogen and oxygen atoms in total. The molecule has 0 fully saturated rings. The number of hydrogen-bond acceptors (Lipinski definition) is 7. The molecule has 0 unspecified atom stereocenters. The van der Waals surface area contributed by atoms with E-state index in [1.807, 2.05) is 42.5 Å². The third kappa shape index (κ3) is 6.18. The fourth-order valence-corrected chi connectivity index (χ4v) is 3.74. The first kappa shape index (κ1) is 23.4. The van der Waals surface area contributed by atoms with Crippen molar-refractivity contribution in [1.82, 2.24) is 5.32 Å². The Labute approximate surface area is 197 Å². The van der Waals surface area contributed by atoms with E-state index in [0.29, 0.717) is 24.5 Å². The van der Waals surface area contributed by atoms with Gasteiger partial charge in [-0.1, -0.05) is 18.2 Å². The standard InChI is InChI=1S/C26H28N2O6/c27-18-7-10-25(23(13-18)26(30)31)33-21-9-11-24-17(12-21)6-8-22(34-24)15-28-14-19(29)16-32-20-4-2-1-3-5-20/h1-5,7,9-13,19,22,28-29H,6,8,14-16,27H2,(H,30,31)/t19-,22+/m0/s1. The van der Waals surface area contributed by atoms with Crippen molar-refractivity contribution in [3.05, 3.63) is 77.9 Å². The van der Waals surface area contributed by atoms with E-state index in [-0.39, 0.29) is 24.0 Å². The molecule has 178 valence electrons. The largest absolute Gasteiger partial charge is 0.491 e. The number of nitrogen functional groups attached to an aromatic ring is 1. The second-order valence-corrected chi connectivity index (χ2v) is 8.15. The van der Waals surface area contributed by atoms with Crippen LogP contribution in [0.4, 0.5) is 5.69 Å². The van der Waals surface area contributed by atoms with Gasteiger partial charge in [-0.3, -0.25) is 0 Å². The van der Waals surface area contributed by atoms with Gasteiger partial charge in [0.25, 0.3) is 0 Å². The van der Waals surface area contributed by atoms with Gasteiger partial charge in [0.2, 0.25) is 0 Å². The first-order valence-electron chi connectivity index (χ1n) is 11.1. The highest BCUT2D eigenvalue weighted by Gasteiger charge is 2.21. The van der Waals surface area contributed by atoms with E-state index in [0.717, 1.165) is 29.9 Å². The van der Waals surface area contributed by atoms with Gasteiger partial charge in [-0.25, -0.2) is 4.79 Å². The van der Waals surface area contributed by atoms with E-state index in [2.05, 4.69) is 5.32 Å². The van der Waals surface area contributed by atoms with Crippen molar-refractivity contribution in [2.45, 2.75) is 25.0 Å². The predicted octanol–water partition coefficient (Wildman–Crippen LogP) is 3.48. The Hall–Kier alpha value is -3.75. The monoisotopic (exact) mass is 464 g/mol. The van der Waals surface area contributed by atoms with Crippen molar-refractivity contribution in [2.24, 2.45) is 0 Å². The number of ether oxygens (including phenoxy) is 3. The number of carboxylic acid groups (broad SMARTS) is 1. The summed E-state index contributed by atoms with van der Waals surface area (Å²) in [7, 11) is 0. The van der Waals surface area contributed by atoms with E-state index >= 15 is 0 Å². The molecule has 0 bridgehead atoms. The van der Waals surface area contributed by atoms with Crippen molar-refractivity contribution in [3.8, 4) is 23.0 Å². The number of para-hydroxylation sites is 1. The van der Waals surface area contributed by atoms with Crippen molar-refractivity contribution in [2.75, 3.05) is 25.4 Å². The minimum Gasteiger partial charge on any atom is -0.491 e. The number of aliphatic hydroxyl groups excluding tert-OH is 1. The highest BCUT2D eigenvalue weighted by Crippen LogP contribution is 2.34. The van der Waals surface area contributed by atoms with Gasteiger partial charge in [0.05, 0.1) is 0 Å². The number of hydrogen-bond donors (Lipinski definition) is 4. The van der Waals surface area contributed by atoms with Crippen molar-refractivity contribution in [1.29, 1.82) is 0 Å². The third-order valence-electron chi connectivity index (χ3n) is 5.46. The normalized spacial score (nSPS) is 15.6. The van der Waals surface area contributed by atoms with Crippen LogP contribution >= 0.6 is 0 Å². The van der Waals surface area contributed by atoms with Gasteiger partial charge in [-0.2, -0.15) is 0 Å². The second-order valence-electron chi connectivity index (χ2n) is 8.15. The lowest BCUT2D eigenvalue weighted by molar-refractivity contribution is 0.0694. The molecule has 0 saturated heterocycles. The molecule has 2 atom stereocenters. The van der Waals surface area contributed by atoms with Gasteiger partial charge in [0.15, 0.2) is 0 Å². The Kier molecular flexibility index (Phi) is 7.51. The van der Waals surface area contributed by atoms with E-state index in [9.17, 15) is 15.0 Å². The molecule has 0 aliphatic carbocycles. The molecule has 8 heteroatoms. The molecule has 3 aromatic rings. The molecule has 34 heavy (non-hydrogen) atoms. The number of aryl methyl sites for hydroxylation is 1. The van der Waals surface area contributed by atoms with Gasteiger partial charge >= 0.3 is 5.97 Å². The quantitative estimate of drug-likeness (QED) is 0.336. The zero-order valence-electron chi connectivity index (χ0n) is 18.6. The zero-order chi connectivity index (χ0) is 23.9. The summed E-state index contributed by atoms with van der Waals surface area (Å²) in [5.41, 5.74) is 7.06. The average Bonchev–Trinajstić information content (AvgIpc) is 2.84. The summed E-state index contributed by atoms with van der Waals surface area (Å²) in [5, 5.41) is 22.8. The number of carboxylic acids is 1. The van der Waals surface area contributed by atoms with E-state index in [1.54, 1.807) is 18.2 Å². The SMILES string of the molecule is Nc1ccc(Oc2ccc3c(c2)CC[C@H](CNC[C@H](O)COc2ccccc2)O3)c(C(=O)O)c1. The van der Waals surface area contributed by atoms with Gasteiger partial charge < -0.3 is 35.5 Å². The number of anilines is 1. The first-order valence-corrected chi connectivity index (χ1v) is 11.1. The van der Waals surface area contributed by atoms with Gasteiger partial charge in [-0.05, 0) is 66.9 Å². The minimum absolute atomic E-state index is 0.0106. The number of nitrogens with one attached hydrogen (secondary N) is 1. The molecule has 0 spiro atoms. The van der Waals surface area contributed by atoms with Crippen LogP contribution < -0.4 is 25.3 Å². The number of aromatic carboxylic acids is 1. The van der Waals surface area contributed by atoms with Crippen LogP contribution in [-0.4, -0.2) is 48.1 Å². The highest BCUT2D eigenvalue weighted by molar-refractivity contribution is 5.92. The lowest BCUT2D eigenvalue weighted by Gasteiger charge is -2.27. The molecule has 1 aliphatic rings. The first-order chi connectivity index (χ1) is 16.5. The molecule has 0 amide bonds. The molecule has 0 saturated carbocycles. The third-order valence-corrected chi connectivity index (χ3v) is 5.46. The molecule has 0 aromatic heterocycles. The van der Waals surface area contributed by atoms with Gasteiger partial charge in [0.1, 0.15) is 47.4 Å². The van der Waals surface area contributed by atoms with Crippen LogP contribution in [0.25, 0.3) is 0 Å². The molecular weight excluding hydrogens is 436 g/mol. The molecule has 5 N–H and O–H groups in total. The maximum Gasteiger partial charge on any atom is 0.339 e. The Morgan fingerprint density at radius 1 is 1.12 bits per heavy atom. The second kappa shape index (κ2) is 10.9. The summed E-state index contributed by atoms with van der Waals surface area (Å²) in [5.74, 6) is 1.17. The van der Waals surface area contributed by atoms with Crippen molar-refractivity contribution in [3.63, 3.8) is 0 Å². The summed E-state index contributed by atoms with van der Waals surface area (Å²) in [6.07, 6.45) is 0.964. The predicted molar refractivity (Wildman–Crippen MR) is 128 cm³/mol. The maximum absolute atomic E-state index is 11.5. The average molecular weight is 465 g/mol. The van der Waals surface area contributed by atoms with Crippen LogP contribution in [0.3, 0.4) is 0 Å². The maximum atomic E-state index is 11.5. The van der Waals surface area contributed by atoms with E-state index in [1.165, 1.54) is 6.07 Å². The summed E-state index contributed by atoms with van der Waals surface area (Å²) >= 11 is 0. The van der Waals surface area contributed by atoms with E-state index < -0.39 is 12.1 Å². The minimum atomic E-state index is -1.10. The Bertz CT molecular complexity index is 1120.